The number of hydrogen-bond acceptors (Lipinski definition) is 6. The Labute approximate surface area is 380 Å². The Balaban J connectivity index is 4.31. The van der Waals surface area contributed by atoms with Gasteiger partial charge in [-0.25, -0.2) is 0 Å². The lowest BCUT2D eigenvalue weighted by Crippen LogP contribution is -2.30. The molecule has 0 rings (SSSR count). The summed E-state index contributed by atoms with van der Waals surface area (Å²) in [7, 11) is 0. The van der Waals surface area contributed by atoms with E-state index in [1.807, 2.05) is 0 Å². The molecule has 0 aliphatic heterocycles. The molecule has 0 aromatic heterocycles. The van der Waals surface area contributed by atoms with E-state index in [2.05, 4.69) is 32.9 Å². The minimum absolute atomic E-state index is 0.0657. The van der Waals surface area contributed by atoms with E-state index < -0.39 is 6.10 Å². The van der Waals surface area contributed by atoms with Crippen LogP contribution in [0.25, 0.3) is 0 Å². The van der Waals surface area contributed by atoms with Crippen molar-refractivity contribution in [2.45, 2.75) is 309 Å². The molecule has 0 radical (unpaired) electrons. The van der Waals surface area contributed by atoms with E-state index in [0.717, 1.165) is 57.8 Å². The summed E-state index contributed by atoms with van der Waals surface area (Å²) < 4.78 is 16.8. The van der Waals surface area contributed by atoms with Crippen LogP contribution in [0.3, 0.4) is 0 Å². The molecule has 0 heterocycles. The molecule has 0 N–H and O–H groups in total. The summed E-state index contributed by atoms with van der Waals surface area (Å²) >= 11 is 0. The lowest BCUT2D eigenvalue weighted by Gasteiger charge is -2.18. The molecule has 0 spiro atoms. The van der Waals surface area contributed by atoms with E-state index >= 15 is 0 Å². The maximum Gasteiger partial charge on any atom is 0.306 e. The first-order chi connectivity index (χ1) is 30.0. The molecule has 0 fully saturated rings. The summed E-state index contributed by atoms with van der Waals surface area (Å²) in [5.74, 6) is -0.851. The number of esters is 3. The molecule has 0 aromatic rings. The highest BCUT2D eigenvalue weighted by atomic mass is 16.6. The summed E-state index contributed by atoms with van der Waals surface area (Å²) in [6.07, 6.45) is 56.2. The highest BCUT2D eigenvalue weighted by molar-refractivity contribution is 5.71. The predicted octanol–water partition coefficient (Wildman–Crippen LogP) is 17.8. The van der Waals surface area contributed by atoms with Crippen molar-refractivity contribution in [1.82, 2.24) is 0 Å². The van der Waals surface area contributed by atoms with Gasteiger partial charge < -0.3 is 14.2 Å². The third-order valence-electron chi connectivity index (χ3n) is 12.3. The van der Waals surface area contributed by atoms with Gasteiger partial charge in [0.15, 0.2) is 6.10 Å². The first-order valence-corrected chi connectivity index (χ1v) is 27.2. The van der Waals surface area contributed by atoms with E-state index in [1.165, 1.54) is 205 Å². The van der Waals surface area contributed by atoms with Crippen LogP contribution in [0.1, 0.15) is 303 Å². The molecule has 0 aliphatic carbocycles. The number of allylic oxidation sites excluding steroid dienone is 2. The summed E-state index contributed by atoms with van der Waals surface area (Å²) in [6, 6.07) is 0. The molecule has 0 saturated carbocycles. The number of ether oxygens (including phenoxy) is 3. The molecule has 0 aromatic carbocycles. The van der Waals surface area contributed by atoms with Crippen molar-refractivity contribution in [3.05, 3.63) is 12.2 Å². The van der Waals surface area contributed by atoms with Gasteiger partial charge in [0.2, 0.25) is 0 Å². The van der Waals surface area contributed by atoms with E-state index in [-0.39, 0.29) is 31.1 Å². The van der Waals surface area contributed by atoms with Crippen molar-refractivity contribution in [2.24, 2.45) is 0 Å². The van der Waals surface area contributed by atoms with Gasteiger partial charge in [-0.05, 0) is 44.9 Å². The fourth-order valence-corrected chi connectivity index (χ4v) is 8.14. The average molecular weight is 861 g/mol. The zero-order chi connectivity index (χ0) is 44.4. The van der Waals surface area contributed by atoms with Crippen LogP contribution in [0.4, 0.5) is 0 Å². The van der Waals surface area contributed by atoms with Crippen LogP contribution in [-0.4, -0.2) is 37.2 Å². The van der Waals surface area contributed by atoms with Gasteiger partial charge in [0, 0.05) is 19.3 Å². The highest BCUT2D eigenvalue weighted by Gasteiger charge is 2.19. The van der Waals surface area contributed by atoms with Gasteiger partial charge in [-0.3, -0.25) is 14.4 Å². The SMILES string of the molecule is CCCCCCCCC=CCCCCCCCCCC(=O)OCC(COC(=O)CCCCCCCCCCCCCCC)OC(=O)CCCCCCCCCCCCCCC. The first-order valence-electron chi connectivity index (χ1n) is 27.2. The second kappa shape index (κ2) is 50.8. The molecule has 0 bridgehead atoms. The fourth-order valence-electron chi connectivity index (χ4n) is 8.14. The van der Waals surface area contributed by atoms with E-state index in [0.29, 0.717) is 19.3 Å². The monoisotopic (exact) mass is 861 g/mol. The summed E-state index contributed by atoms with van der Waals surface area (Å²) in [5.41, 5.74) is 0. The standard InChI is InChI=1S/C55H104O6/c1-4-7-10-13-16-19-22-25-26-27-28-31-33-36-39-42-45-48-54(57)60-51-52(61-55(58)49-46-43-40-37-34-30-24-21-18-15-12-9-6-3)50-59-53(56)47-44-41-38-35-32-29-23-20-17-14-11-8-5-2/h25-26,52H,4-24,27-51H2,1-3H3. The van der Waals surface area contributed by atoms with Crippen LogP contribution >= 0.6 is 0 Å². The van der Waals surface area contributed by atoms with Gasteiger partial charge in [0.05, 0.1) is 0 Å². The van der Waals surface area contributed by atoms with Gasteiger partial charge in [-0.2, -0.15) is 0 Å². The van der Waals surface area contributed by atoms with Crippen molar-refractivity contribution in [1.29, 1.82) is 0 Å². The van der Waals surface area contributed by atoms with Crippen molar-refractivity contribution in [2.75, 3.05) is 13.2 Å². The number of carbonyl (C=O) groups excluding carboxylic acids is 3. The first kappa shape index (κ1) is 59.1. The van der Waals surface area contributed by atoms with Crippen LogP contribution in [0.2, 0.25) is 0 Å². The van der Waals surface area contributed by atoms with E-state index in [1.54, 1.807) is 0 Å². The van der Waals surface area contributed by atoms with Gasteiger partial charge in [-0.15, -0.1) is 0 Å². The van der Waals surface area contributed by atoms with Gasteiger partial charge >= 0.3 is 17.9 Å². The minimum Gasteiger partial charge on any atom is -0.462 e. The van der Waals surface area contributed by atoms with Crippen molar-refractivity contribution >= 4 is 17.9 Å². The quantitative estimate of drug-likeness (QED) is 0.0262. The van der Waals surface area contributed by atoms with Crippen LogP contribution < -0.4 is 0 Å². The largest absolute Gasteiger partial charge is 0.462 e. The highest BCUT2D eigenvalue weighted by Crippen LogP contribution is 2.16. The van der Waals surface area contributed by atoms with Gasteiger partial charge in [-0.1, -0.05) is 251 Å². The third-order valence-corrected chi connectivity index (χ3v) is 12.3. The molecule has 6 heteroatoms. The van der Waals surface area contributed by atoms with Crippen molar-refractivity contribution in [3.63, 3.8) is 0 Å². The summed E-state index contributed by atoms with van der Waals surface area (Å²) in [6.45, 7) is 6.67. The molecule has 61 heavy (non-hydrogen) atoms. The maximum absolute atomic E-state index is 12.8. The average Bonchev–Trinajstić information content (AvgIpc) is 3.26. The third kappa shape index (κ3) is 49.0. The van der Waals surface area contributed by atoms with Crippen LogP contribution in [-0.2, 0) is 28.6 Å². The lowest BCUT2D eigenvalue weighted by molar-refractivity contribution is -0.167. The summed E-state index contributed by atoms with van der Waals surface area (Å²) in [5, 5.41) is 0. The number of carbonyl (C=O) groups is 3. The smallest absolute Gasteiger partial charge is 0.306 e. The Morgan fingerprint density at radius 2 is 0.541 bits per heavy atom. The minimum atomic E-state index is -0.764. The number of hydrogen-bond donors (Lipinski definition) is 0. The Hall–Kier alpha value is -1.85. The van der Waals surface area contributed by atoms with Crippen LogP contribution in [0, 0.1) is 0 Å². The zero-order valence-electron chi connectivity index (χ0n) is 41.2. The molecular weight excluding hydrogens is 757 g/mol. The Morgan fingerprint density at radius 3 is 0.820 bits per heavy atom. The predicted molar refractivity (Wildman–Crippen MR) is 261 cm³/mol. The molecular formula is C55H104O6. The lowest BCUT2D eigenvalue weighted by atomic mass is 10.0. The van der Waals surface area contributed by atoms with E-state index in [9.17, 15) is 14.4 Å². The molecule has 0 amide bonds. The molecule has 6 nitrogen and oxygen atoms in total. The Morgan fingerprint density at radius 1 is 0.311 bits per heavy atom. The topological polar surface area (TPSA) is 78.9 Å². The number of unbranched alkanes of at least 4 members (excludes halogenated alkanes) is 37. The molecule has 0 saturated heterocycles. The van der Waals surface area contributed by atoms with Crippen molar-refractivity contribution < 1.29 is 28.6 Å². The fraction of sp³-hybridized carbons (Fsp3) is 0.909. The van der Waals surface area contributed by atoms with Crippen LogP contribution in [0.15, 0.2) is 12.2 Å². The second-order valence-electron chi connectivity index (χ2n) is 18.5. The Bertz CT molecular complexity index is 947. The van der Waals surface area contributed by atoms with Gasteiger partial charge in [0.25, 0.3) is 0 Å². The Kier molecular flexibility index (Phi) is 49.3. The zero-order valence-corrected chi connectivity index (χ0v) is 41.2. The normalized spacial score (nSPS) is 12.0. The molecule has 1 atom stereocenters. The molecule has 360 valence electrons. The number of rotatable bonds is 50. The van der Waals surface area contributed by atoms with E-state index in [4.69, 9.17) is 14.2 Å². The summed E-state index contributed by atoms with van der Waals surface area (Å²) in [4.78, 5) is 38.0. The molecule has 0 aliphatic rings. The maximum atomic E-state index is 12.8. The van der Waals surface area contributed by atoms with Crippen LogP contribution in [0.5, 0.6) is 0 Å². The van der Waals surface area contributed by atoms with Gasteiger partial charge in [0.1, 0.15) is 13.2 Å². The van der Waals surface area contributed by atoms with Crippen molar-refractivity contribution in [3.8, 4) is 0 Å². The molecule has 1 unspecified atom stereocenters. The second-order valence-corrected chi connectivity index (χ2v) is 18.5.